The van der Waals surface area contributed by atoms with E-state index in [1.54, 1.807) is 13.0 Å². The van der Waals surface area contributed by atoms with E-state index >= 15 is 0 Å². The minimum Gasteiger partial charge on any atom is -0.322 e. The molecular weight excluding hydrogens is 404 g/mol. The lowest BCUT2D eigenvalue weighted by atomic mass is 10.1. The highest BCUT2D eigenvalue weighted by molar-refractivity contribution is 5.90. The van der Waals surface area contributed by atoms with Gasteiger partial charge in [0.15, 0.2) is 0 Å². The number of halogens is 2. The number of aryl methyl sites for hydroxylation is 2. The monoisotopic (exact) mass is 423 g/mol. The summed E-state index contributed by atoms with van der Waals surface area (Å²) in [4.78, 5) is 25.2. The Labute approximate surface area is 175 Å². The van der Waals surface area contributed by atoms with Crippen LogP contribution in [0.1, 0.15) is 18.3 Å². The summed E-state index contributed by atoms with van der Waals surface area (Å²) in [6, 6.07) is 12.3. The average molecular weight is 423 g/mol. The van der Waals surface area contributed by atoms with Gasteiger partial charge in [-0.1, -0.05) is 31.2 Å². The summed E-state index contributed by atoms with van der Waals surface area (Å²) in [5.41, 5.74) is 2.24. The number of anilines is 1. The molecule has 0 radical (unpaired) electrons. The Morgan fingerprint density at radius 1 is 1.06 bits per heavy atom. The molecule has 31 heavy (non-hydrogen) atoms. The first-order chi connectivity index (χ1) is 14.9. The molecule has 0 aliphatic heterocycles. The van der Waals surface area contributed by atoms with Crippen molar-refractivity contribution >= 4 is 17.1 Å². The van der Waals surface area contributed by atoms with E-state index in [4.69, 9.17) is 0 Å². The Hall–Kier alpha value is -3.88. The number of nitrogens with zero attached hydrogens (tertiary/aromatic N) is 4. The molecule has 0 atom stereocenters. The van der Waals surface area contributed by atoms with Crippen molar-refractivity contribution in [1.29, 1.82) is 0 Å². The molecule has 2 aromatic heterocycles. The first-order valence-corrected chi connectivity index (χ1v) is 9.67. The summed E-state index contributed by atoms with van der Waals surface area (Å²) in [7, 11) is 0. The van der Waals surface area contributed by atoms with Crippen molar-refractivity contribution in [2.45, 2.75) is 26.8 Å². The molecular formula is C22H19F2N5O2. The summed E-state index contributed by atoms with van der Waals surface area (Å²) in [6.07, 6.45) is 0.920. The maximum absolute atomic E-state index is 13.8. The van der Waals surface area contributed by atoms with Gasteiger partial charge in [-0.3, -0.25) is 9.59 Å². The van der Waals surface area contributed by atoms with Crippen LogP contribution in [0.25, 0.3) is 16.8 Å². The van der Waals surface area contributed by atoms with Gasteiger partial charge < -0.3 is 5.32 Å². The fourth-order valence-electron chi connectivity index (χ4n) is 3.25. The highest BCUT2D eigenvalue weighted by Crippen LogP contribution is 2.20. The first kappa shape index (κ1) is 20.4. The molecule has 2 heterocycles. The Kier molecular flexibility index (Phi) is 5.33. The van der Waals surface area contributed by atoms with Crippen molar-refractivity contribution in [3.05, 3.63) is 81.9 Å². The molecule has 0 aliphatic rings. The Balaban J connectivity index is 1.63. The molecule has 2 aromatic carbocycles. The lowest BCUT2D eigenvalue weighted by molar-refractivity contribution is -0.117. The van der Waals surface area contributed by atoms with Crippen LogP contribution in [0.3, 0.4) is 0 Å². The van der Waals surface area contributed by atoms with Crippen LogP contribution in [-0.4, -0.2) is 25.3 Å². The maximum Gasteiger partial charge on any atom is 0.293 e. The lowest BCUT2D eigenvalue weighted by Crippen LogP contribution is -2.32. The molecule has 1 N–H and O–H groups in total. The second kappa shape index (κ2) is 8.10. The van der Waals surface area contributed by atoms with E-state index < -0.39 is 29.6 Å². The second-order valence-electron chi connectivity index (χ2n) is 7.06. The molecule has 0 unspecified atom stereocenters. The summed E-state index contributed by atoms with van der Waals surface area (Å²) < 4.78 is 29.2. The molecule has 158 valence electrons. The SMILES string of the molecule is CCc1ccc(-c2cc3c(=O)n(CC(=O)Nc4ccc(F)cc4F)nc(C)n3n2)cc1. The minimum absolute atomic E-state index is 0.181. The van der Waals surface area contributed by atoms with Crippen LogP contribution in [0.15, 0.2) is 53.3 Å². The van der Waals surface area contributed by atoms with E-state index in [1.807, 2.05) is 24.3 Å². The van der Waals surface area contributed by atoms with Gasteiger partial charge in [-0.15, -0.1) is 0 Å². The molecule has 4 rings (SSSR count). The van der Waals surface area contributed by atoms with E-state index in [-0.39, 0.29) is 11.2 Å². The Morgan fingerprint density at radius 3 is 2.48 bits per heavy atom. The molecule has 0 saturated carbocycles. The predicted octanol–water partition coefficient (Wildman–Crippen LogP) is 3.35. The fraction of sp³-hybridized carbons (Fsp3) is 0.182. The molecule has 0 bridgehead atoms. The van der Waals surface area contributed by atoms with Gasteiger partial charge in [0.2, 0.25) is 5.91 Å². The van der Waals surface area contributed by atoms with Crippen molar-refractivity contribution in [2.24, 2.45) is 0 Å². The summed E-state index contributed by atoms with van der Waals surface area (Å²) in [5, 5.41) is 10.9. The predicted molar refractivity (Wildman–Crippen MR) is 112 cm³/mol. The van der Waals surface area contributed by atoms with Crippen LogP contribution in [0.2, 0.25) is 0 Å². The average Bonchev–Trinajstić information content (AvgIpc) is 3.20. The van der Waals surface area contributed by atoms with Gasteiger partial charge in [0, 0.05) is 11.6 Å². The van der Waals surface area contributed by atoms with Crippen LogP contribution in [-0.2, 0) is 17.8 Å². The van der Waals surface area contributed by atoms with Gasteiger partial charge in [-0.05, 0) is 37.1 Å². The summed E-state index contributed by atoms with van der Waals surface area (Å²) >= 11 is 0. The largest absolute Gasteiger partial charge is 0.322 e. The van der Waals surface area contributed by atoms with E-state index in [2.05, 4.69) is 22.4 Å². The Morgan fingerprint density at radius 2 is 1.81 bits per heavy atom. The van der Waals surface area contributed by atoms with Crippen LogP contribution in [0.4, 0.5) is 14.5 Å². The number of nitrogens with one attached hydrogen (secondary N) is 1. The van der Waals surface area contributed by atoms with Crippen molar-refractivity contribution in [3.8, 4) is 11.3 Å². The number of benzene rings is 2. The zero-order valence-corrected chi connectivity index (χ0v) is 16.9. The molecule has 0 saturated heterocycles. The van der Waals surface area contributed by atoms with Gasteiger partial charge in [-0.25, -0.2) is 18.0 Å². The molecule has 9 heteroatoms. The second-order valence-corrected chi connectivity index (χ2v) is 7.06. The number of rotatable bonds is 5. The topological polar surface area (TPSA) is 81.3 Å². The van der Waals surface area contributed by atoms with Crippen LogP contribution in [0.5, 0.6) is 0 Å². The normalized spacial score (nSPS) is 11.1. The standard InChI is InChI=1S/C22H19F2N5O2/c1-3-14-4-6-15(7-5-14)19-11-20-22(31)28(26-13(2)29(20)27-19)12-21(30)25-18-9-8-16(23)10-17(18)24/h4-11H,3,12H2,1-2H3,(H,25,30). The number of hydrogen-bond acceptors (Lipinski definition) is 4. The number of carbonyl (C=O) groups is 1. The van der Waals surface area contributed by atoms with Crippen molar-refractivity contribution in [1.82, 2.24) is 19.4 Å². The smallest absolute Gasteiger partial charge is 0.293 e. The third-order valence-corrected chi connectivity index (χ3v) is 4.89. The van der Waals surface area contributed by atoms with Gasteiger partial charge in [-0.2, -0.15) is 10.2 Å². The number of aromatic nitrogens is 4. The van der Waals surface area contributed by atoms with E-state index in [9.17, 15) is 18.4 Å². The van der Waals surface area contributed by atoms with E-state index in [0.29, 0.717) is 17.6 Å². The molecule has 1 amide bonds. The minimum atomic E-state index is -0.908. The van der Waals surface area contributed by atoms with Gasteiger partial charge >= 0.3 is 0 Å². The number of amides is 1. The summed E-state index contributed by atoms with van der Waals surface area (Å²) in [5.74, 6) is -1.92. The molecule has 0 spiro atoms. The fourth-order valence-corrected chi connectivity index (χ4v) is 3.25. The van der Waals surface area contributed by atoms with Crippen molar-refractivity contribution in [3.63, 3.8) is 0 Å². The number of carbonyl (C=O) groups excluding carboxylic acids is 1. The van der Waals surface area contributed by atoms with Crippen molar-refractivity contribution < 1.29 is 13.6 Å². The highest BCUT2D eigenvalue weighted by atomic mass is 19.1. The zero-order chi connectivity index (χ0) is 22.1. The van der Waals surface area contributed by atoms with Gasteiger partial charge in [0.1, 0.15) is 29.5 Å². The molecule has 7 nitrogen and oxygen atoms in total. The highest BCUT2D eigenvalue weighted by Gasteiger charge is 2.16. The third-order valence-electron chi connectivity index (χ3n) is 4.89. The maximum atomic E-state index is 13.8. The molecule has 4 aromatic rings. The number of fused-ring (bicyclic) bond motifs is 1. The van der Waals surface area contributed by atoms with Crippen LogP contribution >= 0.6 is 0 Å². The van der Waals surface area contributed by atoms with Crippen LogP contribution < -0.4 is 10.9 Å². The van der Waals surface area contributed by atoms with Gasteiger partial charge in [0.25, 0.3) is 5.56 Å². The third kappa shape index (κ3) is 4.07. The Bertz CT molecular complexity index is 1340. The van der Waals surface area contributed by atoms with E-state index in [0.717, 1.165) is 28.8 Å². The number of hydrogen-bond donors (Lipinski definition) is 1. The first-order valence-electron chi connectivity index (χ1n) is 9.67. The van der Waals surface area contributed by atoms with Crippen molar-refractivity contribution in [2.75, 3.05) is 5.32 Å². The quantitative estimate of drug-likeness (QED) is 0.534. The molecule has 0 aliphatic carbocycles. The lowest BCUT2D eigenvalue weighted by Gasteiger charge is -2.09. The van der Waals surface area contributed by atoms with Crippen LogP contribution in [0, 0.1) is 18.6 Å². The van der Waals surface area contributed by atoms with E-state index in [1.165, 1.54) is 10.1 Å². The van der Waals surface area contributed by atoms with Gasteiger partial charge in [0.05, 0.1) is 11.4 Å². The molecule has 0 fully saturated rings. The zero-order valence-electron chi connectivity index (χ0n) is 16.9. The summed E-state index contributed by atoms with van der Waals surface area (Å²) in [6.45, 7) is 3.30.